The fourth-order valence-electron chi connectivity index (χ4n) is 3.68. The zero-order chi connectivity index (χ0) is 15.5. The molecule has 1 N–H and O–H groups in total. The molecule has 3 aliphatic rings. The molecule has 0 radical (unpaired) electrons. The first-order valence-electron chi connectivity index (χ1n) is 6.98. The third-order valence-electron chi connectivity index (χ3n) is 4.67. The number of nitriles is 1. The molecule has 0 saturated carbocycles. The second kappa shape index (κ2) is 4.26. The monoisotopic (exact) mass is 296 g/mol. The number of benzene rings is 1. The summed E-state index contributed by atoms with van der Waals surface area (Å²) < 4.78 is 5.66. The Morgan fingerprint density at radius 2 is 2.09 bits per heavy atom. The number of amides is 2. The third-order valence-corrected chi connectivity index (χ3v) is 4.67. The minimum atomic E-state index is -1.11. The van der Waals surface area contributed by atoms with Gasteiger partial charge in [0.2, 0.25) is 11.8 Å². The summed E-state index contributed by atoms with van der Waals surface area (Å²) in [6, 6.07) is 8.50. The maximum atomic E-state index is 12.8. The summed E-state index contributed by atoms with van der Waals surface area (Å²) in [6.45, 7) is -0.353. The average molecular weight is 296 g/mol. The Balaban J connectivity index is 1.82. The van der Waals surface area contributed by atoms with E-state index in [1.54, 1.807) is 36.4 Å². The average Bonchev–Trinajstić information content (AvgIpc) is 3.18. The molecular formula is C16H12N2O4. The molecule has 4 atom stereocenters. The van der Waals surface area contributed by atoms with Gasteiger partial charge in [-0.15, -0.1) is 0 Å². The Hall–Kier alpha value is -2.49. The zero-order valence-corrected chi connectivity index (χ0v) is 11.5. The van der Waals surface area contributed by atoms with Crippen LogP contribution in [-0.4, -0.2) is 35.2 Å². The van der Waals surface area contributed by atoms with Crippen molar-refractivity contribution in [2.45, 2.75) is 11.7 Å². The van der Waals surface area contributed by atoms with E-state index in [4.69, 9.17) is 4.74 Å². The van der Waals surface area contributed by atoms with E-state index in [2.05, 4.69) is 0 Å². The van der Waals surface area contributed by atoms with Crippen molar-refractivity contribution in [3.05, 3.63) is 42.0 Å². The molecule has 6 heteroatoms. The van der Waals surface area contributed by atoms with Crippen molar-refractivity contribution in [3.8, 4) is 6.07 Å². The quantitative estimate of drug-likeness (QED) is 0.628. The van der Waals surface area contributed by atoms with Crippen LogP contribution < -0.4 is 4.90 Å². The van der Waals surface area contributed by atoms with Crippen molar-refractivity contribution in [1.29, 1.82) is 5.26 Å². The number of fused-ring (bicyclic) bond motifs is 5. The highest BCUT2D eigenvalue weighted by molar-refractivity contribution is 6.23. The van der Waals surface area contributed by atoms with Crippen LogP contribution in [0.4, 0.5) is 5.69 Å². The molecule has 2 bridgehead atoms. The van der Waals surface area contributed by atoms with Gasteiger partial charge in [0.05, 0.1) is 35.8 Å². The number of rotatable bonds is 2. The third kappa shape index (κ3) is 1.39. The number of carbonyl (C=O) groups excluding carboxylic acids is 2. The Kier molecular flexibility index (Phi) is 2.55. The Labute approximate surface area is 126 Å². The normalized spacial score (nSPS) is 35.1. The molecule has 0 unspecified atom stereocenters. The standard InChI is InChI=1S/C16H12N2O4/c17-7-9-3-1-2-4-10(9)18-14(20)12-11-5-6-16(8-19,22-11)13(12)15(18)21/h1-6,11-13,19H,8H2/t11-,12+,13+,16+/m1/s1. The van der Waals surface area contributed by atoms with E-state index >= 15 is 0 Å². The lowest BCUT2D eigenvalue weighted by atomic mass is 9.77. The number of carbonyl (C=O) groups is 2. The van der Waals surface area contributed by atoms with Crippen molar-refractivity contribution >= 4 is 17.5 Å². The molecule has 0 spiro atoms. The molecule has 4 rings (SSSR count). The SMILES string of the molecule is N#Cc1ccccc1N1C(=O)[C@@H]2[C@@H](C1=O)[C@@]1(CO)C=C[C@H]2O1. The first-order chi connectivity index (χ1) is 10.6. The van der Waals surface area contributed by atoms with Crippen LogP contribution in [0.5, 0.6) is 0 Å². The van der Waals surface area contributed by atoms with E-state index in [1.807, 2.05) is 6.07 Å². The predicted octanol–water partition coefficient (Wildman–Crippen LogP) is 0.364. The van der Waals surface area contributed by atoms with Gasteiger partial charge >= 0.3 is 0 Å². The summed E-state index contributed by atoms with van der Waals surface area (Å²) >= 11 is 0. The first-order valence-corrected chi connectivity index (χ1v) is 6.98. The second-order valence-corrected chi connectivity index (χ2v) is 5.70. The highest BCUT2D eigenvalue weighted by atomic mass is 16.5. The van der Waals surface area contributed by atoms with Crippen LogP contribution >= 0.6 is 0 Å². The van der Waals surface area contributed by atoms with E-state index in [1.165, 1.54) is 0 Å². The largest absolute Gasteiger partial charge is 0.393 e. The number of aliphatic hydroxyl groups excluding tert-OH is 1. The summed E-state index contributed by atoms with van der Waals surface area (Å²) in [5, 5.41) is 18.8. The van der Waals surface area contributed by atoms with Crippen LogP contribution in [0.15, 0.2) is 36.4 Å². The van der Waals surface area contributed by atoms with E-state index in [0.717, 1.165) is 4.90 Å². The Morgan fingerprint density at radius 1 is 1.32 bits per heavy atom. The lowest BCUT2D eigenvalue weighted by Gasteiger charge is -2.26. The number of hydrogen-bond acceptors (Lipinski definition) is 5. The van der Waals surface area contributed by atoms with Gasteiger partial charge in [-0.1, -0.05) is 24.3 Å². The van der Waals surface area contributed by atoms with E-state index < -0.39 is 29.4 Å². The number of aliphatic hydroxyl groups is 1. The molecule has 3 aliphatic heterocycles. The van der Waals surface area contributed by atoms with Crippen LogP contribution in [-0.2, 0) is 14.3 Å². The molecule has 6 nitrogen and oxygen atoms in total. The smallest absolute Gasteiger partial charge is 0.241 e. The summed E-state index contributed by atoms with van der Waals surface area (Å²) in [5.74, 6) is -2.15. The maximum Gasteiger partial charge on any atom is 0.241 e. The molecule has 2 saturated heterocycles. The van der Waals surface area contributed by atoms with Crippen molar-refractivity contribution in [1.82, 2.24) is 0 Å². The minimum Gasteiger partial charge on any atom is -0.393 e. The lowest BCUT2D eigenvalue weighted by Crippen LogP contribution is -2.43. The molecule has 0 aromatic heterocycles. The van der Waals surface area contributed by atoms with Gasteiger partial charge in [0.15, 0.2) is 0 Å². The molecule has 0 aliphatic carbocycles. The van der Waals surface area contributed by atoms with Gasteiger partial charge in [0.25, 0.3) is 0 Å². The van der Waals surface area contributed by atoms with Gasteiger partial charge in [-0.3, -0.25) is 9.59 Å². The topological polar surface area (TPSA) is 90.6 Å². The van der Waals surface area contributed by atoms with Crippen LogP contribution in [0.25, 0.3) is 0 Å². The summed E-state index contributed by atoms with van der Waals surface area (Å²) in [7, 11) is 0. The molecular weight excluding hydrogens is 284 g/mol. The Bertz CT molecular complexity index is 766. The Morgan fingerprint density at radius 3 is 2.82 bits per heavy atom. The van der Waals surface area contributed by atoms with Gasteiger partial charge in [-0.2, -0.15) is 5.26 Å². The fourth-order valence-corrected chi connectivity index (χ4v) is 3.68. The molecule has 1 aromatic rings. The van der Waals surface area contributed by atoms with E-state index in [9.17, 15) is 20.0 Å². The van der Waals surface area contributed by atoms with Crippen LogP contribution in [0.2, 0.25) is 0 Å². The van der Waals surface area contributed by atoms with Crippen LogP contribution in [0, 0.1) is 23.2 Å². The van der Waals surface area contributed by atoms with Crippen molar-refractivity contribution in [2.75, 3.05) is 11.5 Å². The summed E-state index contributed by atoms with van der Waals surface area (Å²) in [6.07, 6.45) is 2.90. The van der Waals surface area contributed by atoms with Gasteiger partial charge in [0.1, 0.15) is 11.7 Å². The number of para-hydroxylation sites is 1. The summed E-state index contributed by atoms with van der Waals surface area (Å²) in [4.78, 5) is 26.6. The van der Waals surface area contributed by atoms with Crippen molar-refractivity contribution in [3.63, 3.8) is 0 Å². The predicted molar refractivity (Wildman–Crippen MR) is 74.5 cm³/mol. The first kappa shape index (κ1) is 13.2. The van der Waals surface area contributed by atoms with E-state index in [-0.39, 0.29) is 18.1 Å². The number of hydrogen-bond donors (Lipinski definition) is 1. The lowest BCUT2D eigenvalue weighted by molar-refractivity contribution is -0.128. The highest BCUT2D eigenvalue weighted by Crippen LogP contribution is 2.52. The fraction of sp³-hybridized carbons (Fsp3) is 0.312. The number of anilines is 1. The second-order valence-electron chi connectivity index (χ2n) is 5.70. The van der Waals surface area contributed by atoms with Crippen molar-refractivity contribution < 1.29 is 19.4 Å². The molecule has 1 aromatic carbocycles. The number of nitrogens with zero attached hydrogens (tertiary/aromatic N) is 2. The molecule has 3 heterocycles. The van der Waals surface area contributed by atoms with Crippen LogP contribution in [0.1, 0.15) is 5.56 Å². The maximum absolute atomic E-state index is 12.8. The van der Waals surface area contributed by atoms with Crippen molar-refractivity contribution in [2.24, 2.45) is 11.8 Å². The molecule has 2 amide bonds. The minimum absolute atomic E-state index is 0.267. The summed E-state index contributed by atoms with van der Waals surface area (Å²) in [5.41, 5.74) is -0.552. The van der Waals surface area contributed by atoms with Gasteiger partial charge in [0, 0.05) is 0 Å². The van der Waals surface area contributed by atoms with Crippen LogP contribution in [0.3, 0.4) is 0 Å². The molecule has 22 heavy (non-hydrogen) atoms. The zero-order valence-electron chi connectivity index (χ0n) is 11.5. The van der Waals surface area contributed by atoms with E-state index in [0.29, 0.717) is 5.69 Å². The van der Waals surface area contributed by atoms with Gasteiger partial charge < -0.3 is 9.84 Å². The number of imide groups is 1. The highest BCUT2D eigenvalue weighted by Gasteiger charge is 2.67. The molecule has 2 fully saturated rings. The molecule has 110 valence electrons. The van der Waals surface area contributed by atoms with Gasteiger partial charge in [-0.05, 0) is 12.1 Å². The van der Waals surface area contributed by atoms with Gasteiger partial charge in [-0.25, -0.2) is 4.90 Å². The number of ether oxygens (including phenoxy) is 1.